The second-order valence-electron chi connectivity index (χ2n) is 7.34. The van der Waals surface area contributed by atoms with E-state index in [4.69, 9.17) is 0 Å². The Morgan fingerprint density at radius 3 is 2.50 bits per heavy atom. The molecule has 0 unspecified atom stereocenters. The summed E-state index contributed by atoms with van der Waals surface area (Å²) in [6.45, 7) is 2.37. The summed E-state index contributed by atoms with van der Waals surface area (Å²) in [7, 11) is 3.21. The van der Waals surface area contributed by atoms with E-state index in [0.717, 1.165) is 53.4 Å². The van der Waals surface area contributed by atoms with Crippen LogP contribution in [-0.4, -0.2) is 42.3 Å². The van der Waals surface area contributed by atoms with Gasteiger partial charge < -0.3 is 0 Å². The van der Waals surface area contributed by atoms with Crippen molar-refractivity contribution >= 4 is 0 Å². The summed E-state index contributed by atoms with van der Waals surface area (Å²) in [6, 6.07) is 11.5. The average molecular weight is 380 g/mol. The molecule has 0 amide bonds. The topological polar surface area (TPSA) is 88.8 Å². The van der Waals surface area contributed by atoms with Gasteiger partial charge in [0, 0.05) is 43.9 Å². The zero-order valence-corrected chi connectivity index (χ0v) is 16.1. The normalized spacial score (nSPS) is 15.8. The van der Waals surface area contributed by atoms with Gasteiger partial charge in [-0.25, -0.2) is 9.78 Å². The number of nitrogens with zero attached hydrogens (tertiary/aromatic N) is 5. The van der Waals surface area contributed by atoms with Crippen molar-refractivity contribution in [3.8, 4) is 11.4 Å². The molecule has 0 atom stereocenters. The third kappa shape index (κ3) is 3.55. The van der Waals surface area contributed by atoms with Crippen LogP contribution in [0.1, 0.15) is 30.3 Å². The Kier molecular flexibility index (Phi) is 4.95. The molecule has 1 aliphatic heterocycles. The number of benzene rings is 1. The minimum absolute atomic E-state index is 0.261. The van der Waals surface area contributed by atoms with Crippen molar-refractivity contribution in [2.24, 2.45) is 14.1 Å². The second kappa shape index (κ2) is 7.55. The van der Waals surface area contributed by atoms with Gasteiger partial charge in [-0.05, 0) is 25.9 Å². The molecule has 0 aliphatic carbocycles. The molecule has 28 heavy (non-hydrogen) atoms. The number of hydrogen-bond donors (Lipinski definition) is 1. The Labute approximate surface area is 162 Å². The third-order valence-corrected chi connectivity index (χ3v) is 5.52. The highest BCUT2D eigenvalue weighted by Gasteiger charge is 2.24. The van der Waals surface area contributed by atoms with E-state index in [9.17, 15) is 9.59 Å². The van der Waals surface area contributed by atoms with Crippen molar-refractivity contribution in [3.05, 3.63) is 68.8 Å². The van der Waals surface area contributed by atoms with Crippen LogP contribution in [0.4, 0.5) is 0 Å². The van der Waals surface area contributed by atoms with Gasteiger partial charge in [0.25, 0.3) is 5.56 Å². The van der Waals surface area contributed by atoms with E-state index in [1.165, 1.54) is 7.05 Å². The monoisotopic (exact) mass is 380 g/mol. The molecule has 4 rings (SSSR count). The first-order valence-electron chi connectivity index (χ1n) is 9.49. The molecule has 146 valence electrons. The number of piperidine rings is 1. The van der Waals surface area contributed by atoms with E-state index < -0.39 is 0 Å². The van der Waals surface area contributed by atoms with Crippen LogP contribution >= 0.6 is 0 Å². The van der Waals surface area contributed by atoms with Crippen LogP contribution in [-0.2, 0) is 20.6 Å². The minimum Gasteiger partial charge on any atom is -0.299 e. The van der Waals surface area contributed by atoms with Crippen LogP contribution in [0.2, 0.25) is 0 Å². The van der Waals surface area contributed by atoms with Crippen molar-refractivity contribution in [1.29, 1.82) is 0 Å². The van der Waals surface area contributed by atoms with Crippen LogP contribution in [0.5, 0.6) is 0 Å². The van der Waals surface area contributed by atoms with E-state index in [1.54, 1.807) is 17.7 Å². The lowest BCUT2D eigenvalue weighted by Gasteiger charge is -2.31. The smallest absolute Gasteiger partial charge is 0.299 e. The summed E-state index contributed by atoms with van der Waals surface area (Å²) in [5.74, 6) is 2.00. The van der Waals surface area contributed by atoms with Crippen LogP contribution in [0.3, 0.4) is 0 Å². The van der Waals surface area contributed by atoms with Crippen molar-refractivity contribution in [2.75, 3.05) is 13.1 Å². The van der Waals surface area contributed by atoms with Gasteiger partial charge in [0.2, 0.25) is 0 Å². The fourth-order valence-corrected chi connectivity index (χ4v) is 3.70. The van der Waals surface area contributed by atoms with Crippen molar-refractivity contribution in [3.63, 3.8) is 0 Å². The van der Waals surface area contributed by atoms with E-state index >= 15 is 0 Å². The molecule has 1 aromatic carbocycles. The molecular formula is C20H24N6O2. The van der Waals surface area contributed by atoms with Crippen molar-refractivity contribution in [1.82, 2.24) is 29.2 Å². The molecule has 3 aromatic rings. The lowest BCUT2D eigenvalue weighted by molar-refractivity contribution is 0.197. The van der Waals surface area contributed by atoms with Crippen LogP contribution in [0, 0.1) is 0 Å². The highest BCUT2D eigenvalue weighted by molar-refractivity contribution is 5.53. The maximum Gasteiger partial charge on any atom is 0.330 e. The number of likely N-dealkylation sites (tertiary alicyclic amines) is 1. The Morgan fingerprint density at radius 1 is 1.07 bits per heavy atom. The standard InChI is InChI=1S/C20H24N6O2/c1-24-16(12-17(27)25(2)20(24)28)13-26-10-8-15(9-11-26)19-21-18(22-23-19)14-6-4-3-5-7-14/h3-7,12,15H,8-11,13H2,1-2H3,(H,21,22,23). The van der Waals surface area contributed by atoms with Gasteiger partial charge in [-0.3, -0.25) is 23.9 Å². The first kappa shape index (κ1) is 18.4. The number of hydrogen-bond acceptors (Lipinski definition) is 5. The zero-order chi connectivity index (χ0) is 19.7. The lowest BCUT2D eigenvalue weighted by atomic mass is 9.96. The van der Waals surface area contributed by atoms with Crippen LogP contribution in [0.25, 0.3) is 11.4 Å². The Balaban J connectivity index is 1.41. The molecule has 8 heteroatoms. The predicted molar refractivity (Wildman–Crippen MR) is 106 cm³/mol. The number of rotatable bonds is 4. The molecule has 0 spiro atoms. The summed E-state index contributed by atoms with van der Waals surface area (Å²) in [6.07, 6.45) is 1.92. The molecule has 1 aliphatic rings. The fourth-order valence-electron chi connectivity index (χ4n) is 3.70. The van der Waals surface area contributed by atoms with E-state index in [1.807, 2.05) is 30.3 Å². The summed E-state index contributed by atoms with van der Waals surface area (Å²) >= 11 is 0. The molecule has 2 aromatic heterocycles. The highest BCUT2D eigenvalue weighted by atomic mass is 16.2. The van der Waals surface area contributed by atoms with Gasteiger partial charge in [0.15, 0.2) is 5.82 Å². The quantitative estimate of drug-likeness (QED) is 0.736. The van der Waals surface area contributed by atoms with Gasteiger partial charge in [0.05, 0.1) is 0 Å². The number of H-pyrrole nitrogens is 1. The Hall–Kier alpha value is -3.00. The maximum atomic E-state index is 12.1. The molecule has 8 nitrogen and oxygen atoms in total. The van der Waals surface area contributed by atoms with Crippen LogP contribution < -0.4 is 11.2 Å². The second-order valence-corrected chi connectivity index (χ2v) is 7.34. The minimum atomic E-state index is -0.285. The molecule has 1 N–H and O–H groups in total. The fraction of sp³-hybridized carbons (Fsp3) is 0.400. The molecule has 1 fully saturated rings. The highest BCUT2D eigenvalue weighted by Crippen LogP contribution is 2.27. The lowest BCUT2D eigenvalue weighted by Crippen LogP contribution is -2.40. The average Bonchev–Trinajstić information content (AvgIpc) is 3.22. The van der Waals surface area contributed by atoms with Crippen molar-refractivity contribution < 1.29 is 0 Å². The van der Waals surface area contributed by atoms with Gasteiger partial charge in [0.1, 0.15) is 5.82 Å². The predicted octanol–water partition coefficient (Wildman–Crippen LogP) is 1.25. The molecular weight excluding hydrogens is 356 g/mol. The summed E-state index contributed by atoms with van der Waals surface area (Å²) in [5, 5.41) is 7.46. The number of aromatic amines is 1. The molecule has 0 bridgehead atoms. The molecule has 1 saturated heterocycles. The van der Waals surface area contributed by atoms with E-state index in [0.29, 0.717) is 12.5 Å². The summed E-state index contributed by atoms with van der Waals surface area (Å²) in [5.41, 5.74) is 1.21. The summed E-state index contributed by atoms with van der Waals surface area (Å²) in [4.78, 5) is 31.0. The van der Waals surface area contributed by atoms with Crippen LogP contribution in [0.15, 0.2) is 46.0 Å². The first-order valence-corrected chi connectivity index (χ1v) is 9.49. The van der Waals surface area contributed by atoms with E-state index in [2.05, 4.69) is 20.1 Å². The van der Waals surface area contributed by atoms with Gasteiger partial charge in [-0.15, -0.1) is 0 Å². The Bertz CT molecular complexity index is 1070. The van der Waals surface area contributed by atoms with Gasteiger partial charge in [-0.2, -0.15) is 5.10 Å². The SMILES string of the molecule is Cn1c(CN2CCC(c3nc(-c4ccccc4)n[nH]3)CC2)cc(=O)n(C)c1=O. The number of aromatic nitrogens is 5. The van der Waals surface area contributed by atoms with Crippen molar-refractivity contribution in [2.45, 2.75) is 25.3 Å². The zero-order valence-electron chi connectivity index (χ0n) is 16.1. The van der Waals surface area contributed by atoms with Gasteiger partial charge >= 0.3 is 5.69 Å². The van der Waals surface area contributed by atoms with E-state index in [-0.39, 0.29) is 11.2 Å². The third-order valence-electron chi connectivity index (χ3n) is 5.52. The number of nitrogens with one attached hydrogen (secondary N) is 1. The molecule has 0 radical (unpaired) electrons. The Morgan fingerprint density at radius 2 is 1.79 bits per heavy atom. The molecule has 0 saturated carbocycles. The summed E-state index contributed by atoms with van der Waals surface area (Å²) < 4.78 is 2.68. The van der Waals surface area contributed by atoms with Gasteiger partial charge in [-0.1, -0.05) is 30.3 Å². The largest absolute Gasteiger partial charge is 0.330 e. The maximum absolute atomic E-state index is 12.1. The molecule has 3 heterocycles. The first-order chi connectivity index (χ1) is 13.5.